The quantitative estimate of drug-likeness (QED) is 0.389. The molecule has 4 saturated carbocycles. The summed E-state index contributed by atoms with van der Waals surface area (Å²) < 4.78 is 5.03. The molecule has 0 bridgehead atoms. The number of hydrogen-bond acceptors (Lipinski definition) is 3. The zero-order valence-electron chi connectivity index (χ0n) is 23.7. The normalized spacial score (nSPS) is 49.9. The van der Waals surface area contributed by atoms with Crippen molar-refractivity contribution >= 4 is 11.8 Å². The van der Waals surface area contributed by atoms with E-state index in [1.54, 1.807) is 6.92 Å². The van der Waals surface area contributed by atoms with Crippen molar-refractivity contribution in [1.29, 1.82) is 0 Å². The van der Waals surface area contributed by atoms with Crippen LogP contribution in [0.25, 0.3) is 0 Å². The summed E-state index contributed by atoms with van der Waals surface area (Å²) in [7, 11) is 1.48. The molecule has 34 heavy (non-hydrogen) atoms. The number of hydrogen-bond donors (Lipinski definition) is 0. The van der Waals surface area contributed by atoms with Crippen LogP contribution in [0.3, 0.4) is 0 Å². The molecular weight excluding hydrogens is 420 g/mol. The van der Waals surface area contributed by atoms with Crippen LogP contribution < -0.4 is 0 Å². The molecule has 0 aromatic carbocycles. The van der Waals surface area contributed by atoms with Gasteiger partial charge in [0, 0.05) is 11.8 Å². The average molecular weight is 473 g/mol. The molecule has 4 rings (SSSR count). The summed E-state index contributed by atoms with van der Waals surface area (Å²) >= 11 is 0. The number of rotatable bonds is 4. The van der Waals surface area contributed by atoms with Crippen LogP contribution in [0.1, 0.15) is 126 Å². The van der Waals surface area contributed by atoms with Crippen LogP contribution in [0.5, 0.6) is 0 Å². The highest BCUT2D eigenvalue weighted by atomic mass is 16.5. The zero-order chi connectivity index (χ0) is 25.4. The van der Waals surface area contributed by atoms with E-state index in [0.717, 1.165) is 25.2 Å². The number of Topliss-reactive ketones (excluding diaryl/α,β-unsaturated/α-hetero) is 1. The number of ketones is 1. The third-order valence-corrected chi connectivity index (χ3v) is 13.2. The lowest BCUT2D eigenvalue weighted by Crippen LogP contribution is -2.67. The fraction of sp³-hybridized carbons (Fsp3) is 0.935. The monoisotopic (exact) mass is 472 g/mol. The van der Waals surface area contributed by atoms with Gasteiger partial charge < -0.3 is 4.74 Å². The number of methoxy groups -OCH3 is 1. The maximum Gasteiger partial charge on any atom is 0.305 e. The first-order chi connectivity index (χ1) is 15.6. The minimum atomic E-state index is -0.334. The lowest BCUT2D eigenvalue weighted by molar-refractivity contribution is -0.249. The number of esters is 1. The Bertz CT molecular complexity index is 846. The van der Waals surface area contributed by atoms with Gasteiger partial charge in [-0.3, -0.25) is 9.59 Å². The van der Waals surface area contributed by atoms with E-state index in [4.69, 9.17) is 4.74 Å². The molecule has 0 aromatic rings. The minimum Gasteiger partial charge on any atom is -0.469 e. The molecule has 3 heteroatoms. The molecule has 0 unspecified atom stereocenters. The molecule has 3 nitrogen and oxygen atoms in total. The summed E-state index contributed by atoms with van der Waals surface area (Å²) in [6, 6.07) is 0. The lowest BCUT2D eigenvalue weighted by atomic mass is 9.31. The van der Waals surface area contributed by atoms with Crippen LogP contribution in [-0.4, -0.2) is 18.9 Å². The molecule has 0 N–H and O–H groups in total. The first-order valence-corrected chi connectivity index (χ1v) is 14.2. The maximum absolute atomic E-state index is 13.1. The smallest absolute Gasteiger partial charge is 0.305 e. The van der Waals surface area contributed by atoms with E-state index in [1.165, 1.54) is 52.1 Å². The van der Waals surface area contributed by atoms with E-state index >= 15 is 0 Å². The predicted molar refractivity (Wildman–Crippen MR) is 138 cm³/mol. The van der Waals surface area contributed by atoms with Crippen molar-refractivity contribution in [2.45, 2.75) is 126 Å². The van der Waals surface area contributed by atoms with E-state index in [-0.39, 0.29) is 22.7 Å². The van der Waals surface area contributed by atoms with Crippen LogP contribution in [0.2, 0.25) is 0 Å². The molecule has 0 saturated heterocycles. The van der Waals surface area contributed by atoms with Gasteiger partial charge in [0.25, 0.3) is 0 Å². The van der Waals surface area contributed by atoms with E-state index < -0.39 is 0 Å². The van der Waals surface area contributed by atoms with Gasteiger partial charge in [0.15, 0.2) is 0 Å². The number of carbonyl (C=O) groups excluding carboxylic acids is 2. The Labute approximate surface area is 209 Å². The van der Waals surface area contributed by atoms with Gasteiger partial charge in [-0.25, -0.2) is 0 Å². The Hall–Kier alpha value is -0.860. The van der Waals surface area contributed by atoms with E-state index in [2.05, 4.69) is 48.5 Å². The Morgan fingerprint density at radius 1 is 0.794 bits per heavy atom. The SMILES string of the molecule is COC(=O)CC[C@H]1[C@@]2(C)CC[C@@]3(C)[C@H]4CC(C)(C)CC[C@]4(C)CC[C@]3(C)[C@@H]2CC[C@]1(C)C(C)=O. The molecule has 0 amide bonds. The lowest BCUT2D eigenvalue weighted by Gasteiger charge is -2.74. The predicted octanol–water partition coefficient (Wildman–Crippen LogP) is 8.00. The fourth-order valence-corrected chi connectivity index (χ4v) is 10.5. The molecule has 4 aliphatic rings. The van der Waals surface area contributed by atoms with Crippen LogP contribution in [0.4, 0.5) is 0 Å². The first kappa shape index (κ1) is 26.2. The average Bonchev–Trinajstić information content (AvgIpc) is 2.76. The van der Waals surface area contributed by atoms with Gasteiger partial charge in [-0.2, -0.15) is 0 Å². The van der Waals surface area contributed by atoms with Crippen molar-refractivity contribution in [3.63, 3.8) is 0 Å². The van der Waals surface area contributed by atoms with Gasteiger partial charge >= 0.3 is 5.97 Å². The van der Waals surface area contributed by atoms with Crippen LogP contribution in [0, 0.1) is 50.2 Å². The molecule has 4 fully saturated rings. The number of carbonyl (C=O) groups is 2. The summed E-state index contributed by atoms with van der Waals surface area (Å²) in [5, 5.41) is 0. The standard InChI is InChI=1S/C31H52O3/c1-21(32)28(5)13-12-23-29(6,22(28)10-11-25(33)34-9)17-19-31(8)24-20-26(2,3)14-15-27(24,4)16-18-30(23,31)7/h22-24H,10-20H2,1-9H3/t22-,23-,24+,27-,28-,29-,30-,31+/m1/s1. The molecular formula is C31H52O3. The van der Waals surface area contributed by atoms with Crippen molar-refractivity contribution < 1.29 is 14.3 Å². The first-order valence-electron chi connectivity index (χ1n) is 14.2. The zero-order valence-corrected chi connectivity index (χ0v) is 23.7. The van der Waals surface area contributed by atoms with Gasteiger partial charge in [0.2, 0.25) is 0 Å². The molecule has 0 heterocycles. The van der Waals surface area contributed by atoms with Gasteiger partial charge in [-0.15, -0.1) is 0 Å². The summed E-state index contributed by atoms with van der Waals surface area (Å²) in [6.07, 6.45) is 12.5. The summed E-state index contributed by atoms with van der Waals surface area (Å²) in [6.45, 7) is 19.4. The molecule has 0 aromatic heterocycles. The highest BCUT2D eigenvalue weighted by Gasteiger charge is 2.70. The maximum atomic E-state index is 13.1. The molecule has 4 aliphatic carbocycles. The second-order valence-electron chi connectivity index (χ2n) is 15.1. The third kappa shape index (κ3) is 3.56. The van der Waals surface area contributed by atoms with Gasteiger partial charge in [0.05, 0.1) is 7.11 Å². The van der Waals surface area contributed by atoms with E-state index in [9.17, 15) is 9.59 Å². The van der Waals surface area contributed by atoms with E-state index in [1.807, 2.05) is 0 Å². The third-order valence-electron chi connectivity index (χ3n) is 13.2. The largest absolute Gasteiger partial charge is 0.469 e. The molecule has 194 valence electrons. The highest BCUT2D eigenvalue weighted by molar-refractivity contribution is 5.82. The second kappa shape index (κ2) is 8.07. The van der Waals surface area contributed by atoms with Crippen LogP contribution >= 0.6 is 0 Å². The van der Waals surface area contributed by atoms with Crippen molar-refractivity contribution in [3.05, 3.63) is 0 Å². The van der Waals surface area contributed by atoms with Crippen LogP contribution in [0.15, 0.2) is 0 Å². The van der Waals surface area contributed by atoms with Crippen molar-refractivity contribution in [1.82, 2.24) is 0 Å². The van der Waals surface area contributed by atoms with Crippen molar-refractivity contribution in [3.8, 4) is 0 Å². The van der Waals surface area contributed by atoms with E-state index in [0.29, 0.717) is 39.8 Å². The summed E-state index contributed by atoms with van der Waals surface area (Å²) in [5.41, 5.74) is 1.32. The minimum absolute atomic E-state index is 0.0961. The van der Waals surface area contributed by atoms with Gasteiger partial charge in [-0.1, -0.05) is 48.5 Å². The molecule has 8 atom stereocenters. The summed E-state index contributed by atoms with van der Waals surface area (Å²) in [4.78, 5) is 25.3. The number of ether oxygens (including phenoxy) is 1. The van der Waals surface area contributed by atoms with Crippen molar-refractivity contribution in [2.24, 2.45) is 50.2 Å². The van der Waals surface area contributed by atoms with Gasteiger partial charge in [-0.05, 0) is 116 Å². The highest BCUT2D eigenvalue weighted by Crippen LogP contribution is 2.77. The number of fused-ring (bicyclic) bond motifs is 5. The Kier molecular flexibility index (Phi) is 6.22. The molecule has 0 aliphatic heterocycles. The molecule has 0 spiro atoms. The fourth-order valence-electron chi connectivity index (χ4n) is 10.5. The topological polar surface area (TPSA) is 43.4 Å². The van der Waals surface area contributed by atoms with Crippen molar-refractivity contribution in [2.75, 3.05) is 7.11 Å². The summed E-state index contributed by atoms with van der Waals surface area (Å²) in [5.74, 6) is 1.81. The molecule has 0 radical (unpaired) electrons. The van der Waals surface area contributed by atoms with Gasteiger partial charge in [0.1, 0.15) is 5.78 Å². The Morgan fingerprint density at radius 3 is 2.00 bits per heavy atom. The Balaban J connectivity index is 1.74. The Morgan fingerprint density at radius 2 is 1.38 bits per heavy atom. The van der Waals surface area contributed by atoms with Crippen LogP contribution in [-0.2, 0) is 14.3 Å². The second-order valence-corrected chi connectivity index (χ2v) is 15.1.